The second-order valence-corrected chi connectivity index (χ2v) is 10.6. The van der Waals surface area contributed by atoms with Crippen LogP contribution in [-0.4, -0.2) is 63.4 Å². The van der Waals surface area contributed by atoms with Crippen LogP contribution in [0.25, 0.3) is 0 Å². The molecule has 0 aliphatic carbocycles. The predicted molar refractivity (Wildman–Crippen MR) is 147 cm³/mol. The van der Waals surface area contributed by atoms with E-state index >= 15 is 0 Å². The van der Waals surface area contributed by atoms with Gasteiger partial charge in [-0.2, -0.15) is 0 Å². The Bertz CT molecular complexity index is 1260. The highest BCUT2D eigenvalue weighted by atomic mass is 32.1. The highest BCUT2D eigenvalue weighted by molar-refractivity contribution is 7.09. The molecular weight excluding hydrogens is 500 g/mol. The van der Waals surface area contributed by atoms with Gasteiger partial charge in [0.25, 0.3) is 11.8 Å². The molecule has 8 nitrogen and oxygen atoms in total. The van der Waals surface area contributed by atoms with Gasteiger partial charge in [0.15, 0.2) is 0 Å². The largest absolute Gasteiger partial charge is 0.466 e. The molecule has 0 unspecified atom stereocenters. The van der Waals surface area contributed by atoms with Crippen molar-refractivity contribution in [2.24, 2.45) is 5.92 Å². The summed E-state index contributed by atoms with van der Waals surface area (Å²) in [6.45, 7) is 8.97. The zero-order valence-electron chi connectivity index (χ0n) is 22.4. The number of hydrogen-bond donors (Lipinski definition) is 0. The molecule has 202 valence electrons. The summed E-state index contributed by atoms with van der Waals surface area (Å²) < 4.78 is 7.21. The number of aromatic nitrogens is 2. The molecule has 3 heterocycles. The smallest absolute Gasteiger partial charge is 0.309 e. The zero-order valence-corrected chi connectivity index (χ0v) is 23.2. The molecule has 9 heteroatoms. The van der Waals surface area contributed by atoms with Gasteiger partial charge in [-0.25, -0.2) is 4.98 Å². The molecule has 1 aliphatic heterocycles. The first-order valence-electron chi connectivity index (χ1n) is 13.3. The first kappa shape index (κ1) is 27.6. The van der Waals surface area contributed by atoms with Crippen molar-refractivity contribution >= 4 is 29.1 Å². The molecule has 0 atom stereocenters. The van der Waals surface area contributed by atoms with Gasteiger partial charge in [0.05, 0.1) is 25.6 Å². The van der Waals surface area contributed by atoms with Crippen LogP contribution < -0.4 is 0 Å². The molecule has 0 radical (unpaired) electrons. The lowest BCUT2D eigenvalue weighted by molar-refractivity contribution is -0.149. The molecule has 38 heavy (non-hydrogen) atoms. The van der Waals surface area contributed by atoms with Gasteiger partial charge < -0.3 is 19.1 Å². The fraction of sp³-hybridized carbons (Fsp3) is 0.448. The number of likely N-dealkylation sites (tertiary alicyclic amines) is 1. The van der Waals surface area contributed by atoms with E-state index in [0.29, 0.717) is 57.9 Å². The van der Waals surface area contributed by atoms with Crippen LogP contribution in [0, 0.1) is 12.8 Å². The molecule has 0 N–H and O–H groups in total. The molecule has 3 aromatic rings. The van der Waals surface area contributed by atoms with E-state index < -0.39 is 0 Å². The molecule has 0 saturated carbocycles. The number of benzene rings is 1. The minimum atomic E-state index is -0.170. The molecule has 0 bridgehead atoms. The Hall–Kier alpha value is -3.46. The Labute approximate surface area is 228 Å². The second kappa shape index (κ2) is 12.9. The van der Waals surface area contributed by atoms with Crippen molar-refractivity contribution < 1.29 is 19.1 Å². The maximum atomic E-state index is 13.3. The molecule has 1 saturated heterocycles. The van der Waals surface area contributed by atoms with Crippen LogP contribution in [0.1, 0.15) is 70.2 Å². The van der Waals surface area contributed by atoms with Gasteiger partial charge in [-0.1, -0.05) is 25.1 Å². The number of aryl methyl sites for hydroxylation is 1. The first-order chi connectivity index (χ1) is 18.4. The average Bonchev–Trinajstić information content (AvgIpc) is 3.58. The molecule has 1 aliphatic rings. The van der Waals surface area contributed by atoms with Crippen molar-refractivity contribution in [3.05, 3.63) is 75.5 Å². The maximum Gasteiger partial charge on any atom is 0.309 e. The van der Waals surface area contributed by atoms with E-state index in [4.69, 9.17) is 4.74 Å². The average molecular weight is 537 g/mol. The highest BCUT2D eigenvalue weighted by Crippen LogP contribution is 2.22. The van der Waals surface area contributed by atoms with Crippen LogP contribution in [0.15, 0.2) is 48.0 Å². The summed E-state index contributed by atoms with van der Waals surface area (Å²) in [5, 5.41) is 2.64. The number of ether oxygens (including phenoxy) is 1. The summed E-state index contributed by atoms with van der Waals surface area (Å²) in [5.41, 5.74) is 3.16. The number of esters is 1. The van der Waals surface area contributed by atoms with Crippen LogP contribution in [0.4, 0.5) is 0 Å². The third-order valence-corrected chi connectivity index (χ3v) is 7.74. The number of thiazole rings is 1. The summed E-state index contributed by atoms with van der Waals surface area (Å²) in [4.78, 5) is 46.6. The van der Waals surface area contributed by atoms with Gasteiger partial charge in [0.1, 0.15) is 10.7 Å². The minimum Gasteiger partial charge on any atom is -0.466 e. The zero-order chi connectivity index (χ0) is 27.1. The Morgan fingerprint density at radius 1 is 1.11 bits per heavy atom. The van der Waals surface area contributed by atoms with Crippen LogP contribution in [0.5, 0.6) is 0 Å². The number of piperidine rings is 1. The fourth-order valence-electron chi connectivity index (χ4n) is 4.82. The Morgan fingerprint density at radius 2 is 1.87 bits per heavy atom. The maximum absolute atomic E-state index is 13.3. The number of carbonyl (C=O) groups excluding carboxylic acids is 3. The summed E-state index contributed by atoms with van der Waals surface area (Å²) in [7, 11) is 0. The molecule has 1 aromatic carbocycles. The van der Waals surface area contributed by atoms with E-state index in [1.54, 1.807) is 11.8 Å². The molecule has 1 fully saturated rings. The van der Waals surface area contributed by atoms with Crippen molar-refractivity contribution in [2.45, 2.75) is 53.1 Å². The van der Waals surface area contributed by atoms with Gasteiger partial charge >= 0.3 is 5.97 Å². The van der Waals surface area contributed by atoms with Gasteiger partial charge in [-0.15, -0.1) is 11.3 Å². The number of rotatable bonds is 10. The Morgan fingerprint density at radius 3 is 2.58 bits per heavy atom. The third kappa shape index (κ3) is 6.51. The first-order valence-corrected chi connectivity index (χ1v) is 14.2. The minimum absolute atomic E-state index is 0.0339. The van der Waals surface area contributed by atoms with Crippen LogP contribution in [-0.2, 0) is 22.6 Å². The van der Waals surface area contributed by atoms with Crippen LogP contribution in [0.3, 0.4) is 0 Å². The fourth-order valence-corrected chi connectivity index (χ4v) is 5.58. The topological polar surface area (TPSA) is 84.7 Å². The highest BCUT2D eigenvalue weighted by Gasteiger charge is 2.29. The number of nitrogens with zero attached hydrogens (tertiary/aromatic N) is 4. The van der Waals surface area contributed by atoms with Crippen molar-refractivity contribution in [3.63, 3.8) is 0 Å². The van der Waals surface area contributed by atoms with E-state index in [1.807, 2.05) is 59.8 Å². The van der Waals surface area contributed by atoms with Crippen molar-refractivity contribution in [1.82, 2.24) is 19.4 Å². The molecule has 2 amide bonds. The predicted octanol–water partition coefficient (Wildman–Crippen LogP) is 4.77. The summed E-state index contributed by atoms with van der Waals surface area (Å²) in [6.07, 6.45) is 4.08. The van der Waals surface area contributed by atoms with Gasteiger partial charge in [-0.3, -0.25) is 14.4 Å². The third-order valence-electron chi connectivity index (χ3n) is 6.91. The molecule has 0 spiro atoms. The number of amides is 2. The van der Waals surface area contributed by atoms with Crippen LogP contribution >= 0.6 is 11.3 Å². The Balaban J connectivity index is 1.39. The van der Waals surface area contributed by atoms with Crippen LogP contribution in [0.2, 0.25) is 0 Å². The molecule has 4 rings (SSSR count). The molecule has 2 aromatic heterocycles. The van der Waals surface area contributed by atoms with Crippen molar-refractivity contribution in [2.75, 3.05) is 26.2 Å². The standard InChI is InChI=1S/C29H36N4O4S/c1-4-14-33(27(34)24-11-7-6-9-21(24)3)18-23-10-8-15-32(23)19-26-30-25(20-38-26)28(35)31-16-12-22(13-17-31)29(36)37-5-2/h6-11,15,20,22H,4-5,12-14,16-19H2,1-3H3. The van der Waals surface area contributed by atoms with Gasteiger partial charge in [-0.05, 0) is 56.9 Å². The van der Waals surface area contributed by atoms with E-state index in [0.717, 1.165) is 28.2 Å². The summed E-state index contributed by atoms with van der Waals surface area (Å²) >= 11 is 1.46. The number of hydrogen-bond acceptors (Lipinski definition) is 6. The normalized spacial score (nSPS) is 13.9. The summed E-state index contributed by atoms with van der Waals surface area (Å²) in [5.74, 6) is -0.370. The lowest BCUT2D eigenvalue weighted by Gasteiger charge is -2.30. The quantitative estimate of drug-likeness (QED) is 0.349. The second-order valence-electron chi connectivity index (χ2n) is 9.61. The SMILES string of the molecule is CCCN(Cc1cccn1Cc1nc(C(=O)N2CCC(C(=O)OCC)CC2)cs1)C(=O)c1ccccc1C. The van der Waals surface area contributed by atoms with Gasteiger partial charge in [0.2, 0.25) is 0 Å². The van der Waals surface area contributed by atoms with Gasteiger partial charge in [0, 0.05) is 42.5 Å². The van der Waals surface area contributed by atoms with E-state index in [-0.39, 0.29) is 23.7 Å². The van der Waals surface area contributed by atoms with E-state index in [2.05, 4.69) is 16.5 Å². The monoisotopic (exact) mass is 536 g/mol. The number of carbonyl (C=O) groups is 3. The van der Waals surface area contributed by atoms with E-state index in [1.165, 1.54) is 11.3 Å². The van der Waals surface area contributed by atoms with E-state index in [9.17, 15) is 14.4 Å². The lowest BCUT2D eigenvalue weighted by Crippen LogP contribution is -2.40. The van der Waals surface area contributed by atoms with Crippen molar-refractivity contribution in [3.8, 4) is 0 Å². The lowest BCUT2D eigenvalue weighted by atomic mass is 9.97. The Kier molecular flexibility index (Phi) is 9.33. The molecular formula is C29H36N4O4S. The summed E-state index contributed by atoms with van der Waals surface area (Å²) in [6, 6.07) is 11.7. The van der Waals surface area contributed by atoms with Crippen molar-refractivity contribution in [1.29, 1.82) is 0 Å².